The van der Waals surface area contributed by atoms with E-state index in [-0.39, 0.29) is 7.92 Å². The van der Waals surface area contributed by atoms with Crippen molar-refractivity contribution >= 4 is 7.92 Å². The first-order chi connectivity index (χ1) is 7.38. The summed E-state index contributed by atoms with van der Waals surface area (Å²) in [7, 11) is -0.0356. The van der Waals surface area contributed by atoms with Crippen molar-refractivity contribution in [2.75, 3.05) is 12.3 Å². The van der Waals surface area contributed by atoms with Crippen LogP contribution in [0.1, 0.15) is 44.9 Å². The molecule has 0 aliphatic heterocycles. The van der Waals surface area contributed by atoms with E-state index >= 15 is 0 Å². The Hall–Kier alpha value is -0.590. The highest BCUT2D eigenvalue weighted by atomic mass is 31.1. The highest BCUT2D eigenvalue weighted by molar-refractivity contribution is 7.58. The summed E-state index contributed by atoms with van der Waals surface area (Å²) < 4.78 is 0. The summed E-state index contributed by atoms with van der Waals surface area (Å²) in [5.41, 5.74) is 0.857. The van der Waals surface area contributed by atoms with E-state index in [2.05, 4.69) is 12.1 Å². The Morgan fingerprint density at radius 1 is 0.933 bits per heavy atom. The van der Waals surface area contributed by atoms with Crippen LogP contribution in [0.25, 0.3) is 0 Å². The van der Waals surface area contributed by atoms with Crippen molar-refractivity contribution in [2.24, 2.45) is 0 Å². The fourth-order valence-corrected chi connectivity index (χ4v) is 5.13. The van der Waals surface area contributed by atoms with Gasteiger partial charge in [0.15, 0.2) is 0 Å². The largest absolute Gasteiger partial charge is 0.198 e. The van der Waals surface area contributed by atoms with Crippen molar-refractivity contribution in [3.63, 3.8) is 0 Å². The highest BCUT2D eigenvalue weighted by Gasteiger charge is 2.22. The predicted octanol–water partition coefficient (Wildman–Crippen LogP) is 3.63. The van der Waals surface area contributed by atoms with E-state index in [0.29, 0.717) is 12.8 Å². The first-order valence-corrected chi connectivity index (χ1v) is 7.64. The zero-order valence-electron chi connectivity index (χ0n) is 9.28. The zero-order valence-corrected chi connectivity index (χ0v) is 10.2. The topological polar surface area (TPSA) is 47.6 Å². The summed E-state index contributed by atoms with van der Waals surface area (Å²) >= 11 is 0. The molecule has 1 aliphatic carbocycles. The van der Waals surface area contributed by atoms with Gasteiger partial charge >= 0.3 is 0 Å². The van der Waals surface area contributed by atoms with E-state index in [0.717, 1.165) is 18.0 Å². The maximum Gasteiger partial charge on any atom is 0.0625 e. The minimum absolute atomic E-state index is 0.0356. The van der Waals surface area contributed by atoms with E-state index < -0.39 is 0 Å². The summed E-state index contributed by atoms with van der Waals surface area (Å²) in [6, 6.07) is 4.49. The summed E-state index contributed by atoms with van der Waals surface area (Å²) in [4.78, 5) is 0. The molecule has 0 amide bonds. The lowest BCUT2D eigenvalue weighted by atomic mass is 10.0. The molecular weight excluding hydrogens is 203 g/mol. The molecule has 0 aromatic heterocycles. The number of rotatable bonds is 5. The van der Waals surface area contributed by atoms with Gasteiger partial charge in [-0.2, -0.15) is 10.5 Å². The molecule has 0 saturated heterocycles. The third-order valence-electron chi connectivity index (χ3n) is 3.11. The van der Waals surface area contributed by atoms with Gasteiger partial charge in [-0.25, -0.2) is 0 Å². The van der Waals surface area contributed by atoms with E-state index in [4.69, 9.17) is 10.5 Å². The third kappa shape index (κ3) is 4.63. The van der Waals surface area contributed by atoms with Crippen LogP contribution in [0, 0.1) is 22.7 Å². The molecule has 0 atom stereocenters. The van der Waals surface area contributed by atoms with Crippen molar-refractivity contribution < 1.29 is 0 Å². The summed E-state index contributed by atoms with van der Waals surface area (Å²) in [6.07, 6.45) is 10.3. The molecule has 1 rings (SSSR count). The molecule has 1 aliphatic rings. The lowest BCUT2D eigenvalue weighted by Gasteiger charge is -2.30. The van der Waals surface area contributed by atoms with E-state index in [1.807, 2.05) is 0 Å². The second-order valence-corrected chi connectivity index (χ2v) is 6.95. The van der Waals surface area contributed by atoms with Gasteiger partial charge in [0.05, 0.1) is 12.1 Å². The number of hydrogen-bond acceptors (Lipinski definition) is 2. The van der Waals surface area contributed by atoms with Crippen LogP contribution in [0.2, 0.25) is 0 Å². The first kappa shape index (κ1) is 12.5. The van der Waals surface area contributed by atoms with Gasteiger partial charge < -0.3 is 0 Å². The summed E-state index contributed by atoms with van der Waals surface area (Å²) in [5, 5.41) is 17.3. The van der Waals surface area contributed by atoms with Crippen LogP contribution in [0.5, 0.6) is 0 Å². The van der Waals surface area contributed by atoms with Crippen LogP contribution in [-0.4, -0.2) is 18.0 Å². The molecule has 0 spiro atoms. The van der Waals surface area contributed by atoms with Crippen molar-refractivity contribution in [1.29, 1.82) is 10.5 Å². The van der Waals surface area contributed by atoms with Crippen LogP contribution in [0.15, 0.2) is 0 Å². The van der Waals surface area contributed by atoms with Crippen LogP contribution in [0.3, 0.4) is 0 Å². The lowest BCUT2D eigenvalue weighted by molar-refractivity contribution is 0.510. The fraction of sp³-hybridized carbons (Fsp3) is 0.833. The molecule has 0 radical (unpaired) electrons. The third-order valence-corrected chi connectivity index (χ3v) is 6.26. The molecule has 15 heavy (non-hydrogen) atoms. The van der Waals surface area contributed by atoms with Crippen molar-refractivity contribution in [3.8, 4) is 12.1 Å². The Bertz CT molecular complexity index is 227. The van der Waals surface area contributed by atoms with Gasteiger partial charge in [0.1, 0.15) is 0 Å². The van der Waals surface area contributed by atoms with Crippen LogP contribution in [0.4, 0.5) is 0 Å². The Kier molecular flexibility index (Phi) is 6.38. The van der Waals surface area contributed by atoms with Crippen molar-refractivity contribution in [1.82, 2.24) is 0 Å². The smallest absolute Gasteiger partial charge is 0.0625 e. The van der Waals surface area contributed by atoms with E-state index in [1.165, 1.54) is 32.1 Å². The van der Waals surface area contributed by atoms with Gasteiger partial charge in [-0.15, -0.1) is 7.92 Å². The summed E-state index contributed by atoms with van der Waals surface area (Å²) in [5.74, 6) is 0. The van der Waals surface area contributed by atoms with Crippen molar-refractivity contribution in [3.05, 3.63) is 0 Å². The molecule has 1 fully saturated rings. The van der Waals surface area contributed by atoms with Crippen LogP contribution in [-0.2, 0) is 0 Å². The lowest BCUT2D eigenvalue weighted by Crippen LogP contribution is -2.13. The molecule has 0 N–H and O–H groups in total. The molecule has 0 heterocycles. The molecule has 0 unspecified atom stereocenters. The first-order valence-electron chi connectivity index (χ1n) is 5.86. The monoisotopic (exact) mass is 222 g/mol. The Morgan fingerprint density at radius 3 is 1.93 bits per heavy atom. The molecule has 1 saturated carbocycles. The maximum absolute atomic E-state index is 8.63. The standard InChI is InChI=1S/C12H19N2P/c13-8-4-10-15(11-5-9-14)12-6-2-1-3-7-12/h12H,1-7,10-11H2. The highest BCUT2D eigenvalue weighted by Crippen LogP contribution is 2.48. The molecule has 82 valence electrons. The fourth-order valence-electron chi connectivity index (χ4n) is 2.31. The second-order valence-electron chi connectivity index (χ2n) is 4.14. The second kappa shape index (κ2) is 7.67. The molecular formula is C12H19N2P. The Balaban J connectivity index is 2.39. The number of hydrogen-bond donors (Lipinski definition) is 0. The summed E-state index contributed by atoms with van der Waals surface area (Å²) in [6.45, 7) is 0. The van der Waals surface area contributed by atoms with E-state index in [9.17, 15) is 0 Å². The molecule has 0 aromatic carbocycles. The van der Waals surface area contributed by atoms with Gasteiger partial charge in [-0.05, 0) is 30.8 Å². The molecule has 0 aromatic rings. The van der Waals surface area contributed by atoms with Gasteiger partial charge in [-0.3, -0.25) is 0 Å². The Morgan fingerprint density at radius 2 is 1.47 bits per heavy atom. The zero-order chi connectivity index (χ0) is 10.9. The number of nitriles is 2. The SMILES string of the molecule is N#CCCP(CCC#N)C1CCCCC1. The van der Waals surface area contributed by atoms with Crippen LogP contribution < -0.4 is 0 Å². The maximum atomic E-state index is 8.63. The van der Waals surface area contributed by atoms with Crippen molar-refractivity contribution in [2.45, 2.75) is 50.6 Å². The van der Waals surface area contributed by atoms with Crippen LogP contribution >= 0.6 is 7.92 Å². The Labute approximate surface area is 94.0 Å². The molecule has 0 bridgehead atoms. The quantitative estimate of drug-likeness (QED) is 0.667. The van der Waals surface area contributed by atoms with Gasteiger partial charge in [0.2, 0.25) is 0 Å². The van der Waals surface area contributed by atoms with Gasteiger partial charge in [-0.1, -0.05) is 19.3 Å². The average molecular weight is 222 g/mol. The average Bonchev–Trinajstić information content (AvgIpc) is 2.30. The normalized spacial score (nSPS) is 17.3. The molecule has 3 heteroatoms. The predicted molar refractivity (Wildman–Crippen MR) is 64.0 cm³/mol. The number of nitrogens with zero attached hydrogens (tertiary/aromatic N) is 2. The molecule has 2 nitrogen and oxygen atoms in total. The van der Waals surface area contributed by atoms with Gasteiger partial charge in [0, 0.05) is 12.8 Å². The minimum atomic E-state index is -0.0356. The minimum Gasteiger partial charge on any atom is -0.198 e. The van der Waals surface area contributed by atoms with Gasteiger partial charge in [0.25, 0.3) is 0 Å². The van der Waals surface area contributed by atoms with E-state index in [1.54, 1.807) is 0 Å².